The summed E-state index contributed by atoms with van der Waals surface area (Å²) in [6.07, 6.45) is -2.18. The van der Waals surface area contributed by atoms with Gasteiger partial charge in [-0.3, -0.25) is 4.79 Å². The second kappa shape index (κ2) is 14.0. The molecule has 1 aromatic heterocycles. The normalized spacial score (nSPS) is 13.7. The number of sulfone groups is 1. The van der Waals surface area contributed by atoms with Gasteiger partial charge in [0.1, 0.15) is 11.9 Å². The number of aliphatic carboxylic acids is 1. The van der Waals surface area contributed by atoms with Gasteiger partial charge in [-0.1, -0.05) is 24.3 Å². The van der Waals surface area contributed by atoms with Crippen LogP contribution in [-0.2, 0) is 26.0 Å². The number of halogens is 4. The number of nitrogens with one attached hydrogen (secondary N) is 2. The van der Waals surface area contributed by atoms with Crippen molar-refractivity contribution in [3.8, 4) is 5.75 Å². The highest BCUT2D eigenvalue weighted by molar-refractivity contribution is 7.92. The lowest BCUT2D eigenvalue weighted by Gasteiger charge is -2.22. The molecular formula is C31H30F4N4O6S. The van der Waals surface area contributed by atoms with Gasteiger partial charge in [0.25, 0.3) is 0 Å². The van der Waals surface area contributed by atoms with Crippen molar-refractivity contribution in [2.45, 2.75) is 48.7 Å². The quantitative estimate of drug-likeness (QED) is 0.163. The van der Waals surface area contributed by atoms with Gasteiger partial charge in [0.05, 0.1) is 16.8 Å². The van der Waals surface area contributed by atoms with E-state index in [1.54, 1.807) is 43.5 Å². The van der Waals surface area contributed by atoms with Crippen molar-refractivity contribution in [3.05, 3.63) is 89.9 Å². The largest absolute Gasteiger partial charge is 0.491 e. The molecule has 4 aromatic rings. The molecule has 15 heteroatoms. The summed E-state index contributed by atoms with van der Waals surface area (Å²) in [5, 5.41) is 14.5. The third-order valence-electron chi connectivity index (χ3n) is 6.89. The van der Waals surface area contributed by atoms with Gasteiger partial charge >= 0.3 is 12.1 Å². The van der Waals surface area contributed by atoms with Crippen molar-refractivity contribution in [2.24, 2.45) is 0 Å². The number of nitrogens with zero attached hydrogens (tertiary/aromatic N) is 1. The lowest BCUT2D eigenvalue weighted by Crippen LogP contribution is -2.33. The van der Waals surface area contributed by atoms with E-state index in [0.717, 1.165) is 10.8 Å². The first-order chi connectivity index (χ1) is 21.7. The van der Waals surface area contributed by atoms with Gasteiger partial charge in [0, 0.05) is 23.8 Å². The van der Waals surface area contributed by atoms with E-state index in [1.165, 1.54) is 18.2 Å². The maximum atomic E-state index is 14.3. The predicted molar refractivity (Wildman–Crippen MR) is 162 cm³/mol. The number of nitrogens with two attached hydrogens (primary N) is 1. The molecule has 5 N–H and O–H groups in total. The maximum Gasteiger partial charge on any atom is 0.490 e. The number of rotatable bonds is 10. The number of hydrogen-bond donors (Lipinski definition) is 4. The summed E-state index contributed by atoms with van der Waals surface area (Å²) < 4.78 is 77.4. The molecule has 1 unspecified atom stereocenters. The Bertz CT molecular complexity index is 1850. The highest BCUT2D eigenvalue weighted by Crippen LogP contribution is 2.35. The summed E-state index contributed by atoms with van der Waals surface area (Å²) >= 11 is 0. The van der Waals surface area contributed by atoms with Gasteiger partial charge in [0.15, 0.2) is 21.4 Å². The topological polar surface area (TPSA) is 161 Å². The zero-order valence-corrected chi connectivity index (χ0v) is 25.2. The number of pyridine rings is 1. The molecule has 1 fully saturated rings. The second-order valence-electron chi connectivity index (χ2n) is 10.2. The van der Waals surface area contributed by atoms with Crippen molar-refractivity contribution in [2.75, 3.05) is 17.7 Å². The van der Waals surface area contributed by atoms with Crippen LogP contribution in [0.3, 0.4) is 0 Å². The Kier molecular flexibility index (Phi) is 10.4. The zero-order chi connectivity index (χ0) is 33.6. The Morgan fingerprint density at radius 1 is 1.09 bits per heavy atom. The molecular weight excluding hydrogens is 632 g/mol. The molecule has 1 heterocycles. The van der Waals surface area contributed by atoms with Crippen molar-refractivity contribution in [3.63, 3.8) is 0 Å². The van der Waals surface area contributed by atoms with Crippen LogP contribution in [0.5, 0.6) is 5.75 Å². The number of amides is 1. The van der Waals surface area contributed by atoms with E-state index in [1.807, 2.05) is 18.2 Å². The second-order valence-corrected chi connectivity index (χ2v) is 12.4. The van der Waals surface area contributed by atoms with Crippen LogP contribution in [0, 0.1) is 5.82 Å². The summed E-state index contributed by atoms with van der Waals surface area (Å²) in [5.41, 5.74) is 7.60. The van der Waals surface area contributed by atoms with Crippen molar-refractivity contribution >= 4 is 44.0 Å². The highest BCUT2D eigenvalue weighted by atomic mass is 32.2. The SMILES string of the molecule is CCOc1cc(C(Nc2ccc3c(N)nccc3c2)C(=O)NCc2ccccc2S(=O)(=O)C2CC2)ccc1F.O=C(O)C(F)(F)F. The Morgan fingerprint density at radius 2 is 1.78 bits per heavy atom. The lowest BCUT2D eigenvalue weighted by molar-refractivity contribution is -0.192. The molecule has 1 atom stereocenters. The van der Waals surface area contributed by atoms with Gasteiger partial charge in [-0.2, -0.15) is 13.2 Å². The van der Waals surface area contributed by atoms with Crippen LogP contribution >= 0.6 is 0 Å². The maximum absolute atomic E-state index is 14.3. The average Bonchev–Trinajstić information content (AvgIpc) is 3.87. The van der Waals surface area contributed by atoms with Crippen LogP contribution in [0.4, 0.5) is 29.1 Å². The fraction of sp³-hybridized carbons (Fsp3) is 0.258. The smallest absolute Gasteiger partial charge is 0.490 e. The van der Waals surface area contributed by atoms with Gasteiger partial charge in [0.2, 0.25) is 5.91 Å². The molecule has 3 aromatic carbocycles. The zero-order valence-electron chi connectivity index (χ0n) is 24.3. The standard InChI is InChI=1S/C29H29FN4O4S.C2HF3O2/c1-2-38-25-16-19(7-12-24(25)30)27(34-21-8-11-23-18(15-21)13-14-32-28(23)31)29(35)33-17-20-5-3-4-6-26(20)39(36,37)22-9-10-22;3-2(4,5)1(6)7/h3-8,11-16,22,27,34H,2,9-10,17H2,1H3,(H2,31,32)(H,33,35);(H,6,7). The number of alkyl halides is 3. The lowest BCUT2D eigenvalue weighted by atomic mass is 10.0. The van der Waals surface area contributed by atoms with Gasteiger partial charge < -0.3 is 26.2 Å². The van der Waals surface area contributed by atoms with E-state index in [2.05, 4.69) is 15.6 Å². The Hall–Kier alpha value is -4.92. The fourth-order valence-corrected chi connectivity index (χ4v) is 6.38. The molecule has 1 aliphatic carbocycles. The van der Waals surface area contributed by atoms with Crippen LogP contribution in [0.15, 0.2) is 77.8 Å². The molecule has 10 nitrogen and oxygen atoms in total. The van der Waals surface area contributed by atoms with Crippen molar-refractivity contribution in [1.29, 1.82) is 0 Å². The minimum atomic E-state index is -5.08. The number of fused-ring (bicyclic) bond motifs is 1. The Balaban J connectivity index is 0.000000617. The Labute approximate surface area is 261 Å². The number of hydrogen-bond acceptors (Lipinski definition) is 8. The molecule has 0 aliphatic heterocycles. The average molecular weight is 663 g/mol. The summed E-state index contributed by atoms with van der Waals surface area (Å²) in [5.74, 6) is -3.28. The molecule has 46 heavy (non-hydrogen) atoms. The van der Waals surface area contributed by atoms with Crippen LogP contribution in [0.2, 0.25) is 0 Å². The molecule has 244 valence electrons. The predicted octanol–water partition coefficient (Wildman–Crippen LogP) is 5.39. The van der Waals surface area contributed by atoms with Crippen LogP contribution in [-0.4, -0.2) is 48.4 Å². The summed E-state index contributed by atoms with van der Waals surface area (Å²) in [6, 6.07) is 17.3. The molecule has 0 spiro atoms. The monoisotopic (exact) mass is 662 g/mol. The van der Waals surface area contributed by atoms with E-state index in [9.17, 15) is 30.8 Å². The number of ether oxygens (including phenoxy) is 1. The van der Waals surface area contributed by atoms with Gasteiger partial charge in [-0.05, 0) is 78.7 Å². The number of carboxylic acids is 1. The van der Waals surface area contributed by atoms with Crippen LogP contribution in [0.1, 0.15) is 36.9 Å². The molecule has 5 rings (SSSR count). The van der Waals surface area contributed by atoms with Crippen LogP contribution < -0.4 is 21.1 Å². The number of carbonyl (C=O) groups is 2. The number of aromatic nitrogens is 1. The molecule has 1 aliphatic rings. The highest BCUT2D eigenvalue weighted by Gasteiger charge is 2.39. The van der Waals surface area contributed by atoms with E-state index >= 15 is 0 Å². The first-order valence-electron chi connectivity index (χ1n) is 13.9. The molecule has 0 saturated heterocycles. The minimum Gasteiger partial charge on any atom is -0.491 e. The number of nitrogen functional groups attached to an aromatic ring is 1. The van der Waals surface area contributed by atoms with Gasteiger partial charge in [-0.15, -0.1) is 0 Å². The van der Waals surface area contributed by atoms with Crippen LogP contribution in [0.25, 0.3) is 10.8 Å². The molecule has 0 bridgehead atoms. The van der Waals surface area contributed by atoms with Crippen molar-refractivity contribution in [1.82, 2.24) is 10.3 Å². The number of carbonyl (C=O) groups excluding carboxylic acids is 1. The number of anilines is 2. The van der Waals surface area contributed by atoms with E-state index in [4.69, 9.17) is 20.4 Å². The third-order valence-corrected chi connectivity index (χ3v) is 9.26. The summed E-state index contributed by atoms with van der Waals surface area (Å²) in [6.45, 7) is 2.02. The van der Waals surface area contributed by atoms with E-state index in [-0.39, 0.29) is 29.0 Å². The fourth-order valence-electron chi connectivity index (χ4n) is 4.49. The van der Waals surface area contributed by atoms with E-state index in [0.29, 0.717) is 35.5 Å². The first kappa shape index (κ1) is 34.0. The van der Waals surface area contributed by atoms with Crippen molar-refractivity contribution < 1.29 is 45.4 Å². The third kappa shape index (κ3) is 8.21. The molecule has 1 amide bonds. The molecule has 1 saturated carbocycles. The first-order valence-corrected chi connectivity index (χ1v) is 15.5. The minimum absolute atomic E-state index is 0.0125. The molecule has 0 radical (unpaired) electrons. The Morgan fingerprint density at radius 3 is 2.43 bits per heavy atom. The van der Waals surface area contributed by atoms with Gasteiger partial charge in [-0.25, -0.2) is 22.6 Å². The summed E-state index contributed by atoms with van der Waals surface area (Å²) in [7, 11) is -3.45. The van der Waals surface area contributed by atoms with E-state index < -0.39 is 39.7 Å². The number of benzene rings is 3. The number of carboxylic acid groups (broad SMARTS) is 1. The summed E-state index contributed by atoms with van der Waals surface area (Å²) in [4.78, 5) is 26.8.